The maximum absolute atomic E-state index is 12.5. The molecule has 0 radical (unpaired) electrons. The van der Waals surface area contributed by atoms with E-state index in [0.29, 0.717) is 13.0 Å². The first-order valence-electron chi connectivity index (χ1n) is 9.12. The zero-order chi connectivity index (χ0) is 17.4. The van der Waals surface area contributed by atoms with Gasteiger partial charge in [-0.1, -0.05) is 32.0 Å². The van der Waals surface area contributed by atoms with Gasteiger partial charge in [0, 0.05) is 31.4 Å². The van der Waals surface area contributed by atoms with Crippen LogP contribution in [-0.2, 0) is 4.79 Å². The third kappa shape index (κ3) is 5.80. The first-order chi connectivity index (χ1) is 11.6. The van der Waals surface area contributed by atoms with Crippen molar-refractivity contribution in [2.24, 2.45) is 0 Å². The number of likely N-dealkylation sites (tertiary alicyclic amines) is 1. The van der Waals surface area contributed by atoms with Gasteiger partial charge >= 0.3 is 0 Å². The summed E-state index contributed by atoms with van der Waals surface area (Å²) in [5.41, 5.74) is 0.973. The van der Waals surface area contributed by atoms with E-state index in [2.05, 4.69) is 17.1 Å². The van der Waals surface area contributed by atoms with Gasteiger partial charge in [-0.15, -0.1) is 0 Å². The van der Waals surface area contributed by atoms with Crippen LogP contribution in [0.25, 0.3) is 0 Å². The Morgan fingerprint density at radius 3 is 2.54 bits per heavy atom. The lowest BCUT2D eigenvalue weighted by Gasteiger charge is -2.32. The van der Waals surface area contributed by atoms with E-state index in [4.69, 9.17) is 0 Å². The zero-order valence-corrected chi connectivity index (χ0v) is 14.9. The average Bonchev–Trinajstić information content (AvgIpc) is 2.62. The molecule has 1 aromatic rings. The van der Waals surface area contributed by atoms with Crippen molar-refractivity contribution in [1.82, 2.24) is 10.2 Å². The molecule has 2 N–H and O–H groups in total. The average molecular weight is 333 g/mol. The maximum Gasteiger partial charge on any atom is 0.239 e. The van der Waals surface area contributed by atoms with E-state index in [1.165, 1.54) is 0 Å². The number of para-hydroxylation sites is 1. The van der Waals surface area contributed by atoms with Crippen molar-refractivity contribution in [1.29, 1.82) is 0 Å². The summed E-state index contributed by atoms with van der Waals surface area (Å²) in [5, 5.41) is 13.2. The quantitative estimate of drug-likeness (QED) is 0.762. The van der Waals surface area contributed by atoms with Gasteiger partial charge in [-0.25, -0.2) is 0 Å². The molecule has 1 fully saturated rings. The van der Waals surface area contributed by atoms with Crippen LogP contribution in [0.4, 0.5) is 5.69 Å². The predicted octanol–water partition coefficient (Wildman–Crippen LogP) is 1.86. The lowest BCUT2D eigenvalue weighted by Crippen LogP contribution is -2.48. The zero-order valence-electron chi connectivity index (χ0n) is 14.9. The van der Waals surface area contributed by atoms with Crippen LogP contribution in [0.5, 0.6) is 0 Å². The second kappa shape index (κ2) is 9.64. The molecule has 0 aliphatic carbocycles. The van der Waals surface area contributed by atoms with Crippen molar-refractivity contribution < 1.29 is 9.90 Å². The Hall–Kier alpha value is -1.59. The Labute approximate surface area is 145 Å². The largest absolute Gasteiger partial charge is 0.391 e. The first-order valence-corrected chi connectivity index (χ1v) is 9.12. The van der Waals surface area contributed by atoms with Crippen LogP contribution in [0.3, 0.4) is 0 Å². The normalized spacial score (nSPS) is 17.5. The second-order valence-electron chi connectivity index (χ2n) is 6.55. The van der Waals surface area contributed by atoms with Crippen molar-refractivity contribution in [3.8, 4) is 0 Å². The Bertz CT molecular complexity index is 487. The molecule has 0 aromatic heterocycles. The van der Waals surface area contributed by atoms with E-state index in [0.717, 1.165) is 38.2 Å². The van der Waals surface area contributed by atoms with Gasteiger partial charge in [-0.3, -0.25) is 4.79 Å². The third-order valence-corrected chi connectivity index (χ3v) is 4.76. The highest BCUT2D eigenvalue weighted by atomic mass is 16.3. The summed E-state index contributed by atoms with van der Waals surface area (Å²) in [6, 6.07) is 10.1. The summed E-state index contributed by atoms with van der Waals surface area (Å²) in [4.78, 5) is 16.8. The number of anilines is 1. The fourth-order valence-electron chi connectivity index (χ4n) is 3.12. The van der Waals surface area contributed by atoms with Gasteiger partial charge in [0.1, 0.15) is 0 Å². The van der Waals surface area contributed by atoms with Crippen molar-refractivity contribution in [3.63, 3.8) is 0 Å². The molecule has 1 aliphatic rings. The number of aliphatic hydroxyl groups is 1. The highest BCUT2D eigenvalue weighted by Gasteiger charge is 2.21. The van der Waals surface area contributed by atoms with Gasteiger partial charge in [0.05, 0.1) is 12.6 Å². The van der Waals surface area contributed by atoms with Crippen LogP contribution in [0.2, 0.25) is 0 Å². The Kier molecular flexibility index (Phi) is 7.53. The van der Waals surface area contributed by atoms with Crippen LogP contribution in [0, 0.1) is 0 Å². The van der Waals surface area contributed by atoms with Crippen molar-refractivity contribution in [3.05, 3.63) is 30.3 Å². The van der Waals surface area contributed by atoms with Gasteiger partial charge < -0.3 is 20.2 Å². The highest BCUT2D eigenvalue weighted by Crippen LogP contribution is 2.15. The standard InChI is InChI=1S/C19H31N3O2/c1-3-18(23)14-22(17-8-6-5-7-9-17)15-19(24)20-16-10-12-21(4-2)13-11-16/h5-9,16,18,23H,3-4,10-15H2,1-2H3,(H,20,24). The van der Waals surface area contributed by atoms with Gasteiger partial charge in [0.15, 0.2) is 0 Å². The minimum Gasteiger partial charge on any atom is -0.391 e. The number of carbonyl (C=O) groups excluding carboxylic acids is 1. The SMILES string of the molecule is CCC(O)CN(CC(=O)NC1CCN(CC)CC1)c1ccccc1. The summed E-state index contributed by atoms with van der Waals surface area (Å²) < 4.78 is 0. The number of carbonyl (C=O) groups is 1. The van der Waals surface area contributed by atoms with E-state index in [1.54, 1.807) is 0 Å². The second-order valence-corrected chi connectivity index (χ2v) is 6.55. The van der Waals surface area contributed by atoms with Gasteiger partial charge in [0.25, 0.3) is 0 Å². The van der Waals surface area contributed by atoms with Crippen LogP contribution < -0.4 is 10.2 Å². The molecule has 5 nitrogen and oxygen atoms in total. The van der Waals surface area contributed by atoms with Crippen LogP contribution in [-0.4, -0.2) is 60.8 Å². The third-order valence-electron chi connectivity index (χ3n) is 4.76. The molecule has 2 rings (SSSR count). The number of rotatable bonds is 8. The smallest absolute Gasteiger partial charge is 0.239 e. The molecular weight excluding hydrogens is 302 g/mol. The molecule has 1 aliphatic heterocycles. The van der Waals surface area contributed by atoms with E-state index in [9.17, 15) is 9.90 Å². The van der Waals surface area contributed by atoms with Crippen LogP contribution in [0.1, 0.15) is 33.1 Å². The van der Waals surface area contributed by atoms with Crippen molar-refractivity contribution in [2.75, 3.05) is 37.6 Å². The summed E-state index contributed by atoms with van der Waals surface area (Å²) >= 11 is 0. The highest BCUT2D eigenvalue weighted by molar-refractivity contribution is 5.81. The summed E-state index contributed by atoms with van der Waals surface area (Å²) in [7, 11) is 0. The molecule has 0 spiro atoms. The molecular formula is C19H31N3O2. The topological polar surface area (TPSA) is 55.8 Å². The number of aliphatic hydroxyl groups excluding tert-OH is 1. The fraction of sp³-hybridized carbons (Fsp3) is 0.632. The Balaban J connectivity index is 1.90. The first kappa shape index (κ1) is 18.7. The van der Waals surface area contributed by atoms with Crippen molar-refractivity contribution in [2.45, 2.75) is 45.3 Å². The monoisotopic (exact) mass is 333 g/mol. The summed E-state index contributed by atoms with van der Waals surface area (Å²) in [5.74, 6) is 0.0390. The molecule has 1 atom stereocenters. The molecule has 1 unspecified atom stereocenters. The Morgan fingerprint density at radius 2 is 1.96 bits per heavy atom. The molecule has 0 saturated carbocycles. The van der Waals surface area contributed by atoms with E-state index < -0.39 is 6.10 Å². The number of nitrogens with zero attached hydrogens (tertiary/aromatic N) is 2. The molecule has 24 heavy (non-hydrogen) atoms. The van der Waals surface area contributed by atoms with Gasteiger partial charge in [-0.2, -0.15) is 0 Å². The predicted molar refractivity (Wildman–Crippen MR) is 98.2 cm³/mol. The number of piperidine rings is 1. The molecule has 1 aromatic carbocycles. The van der Waals surface area contributed by atoms with Crippen LogP contribution >= 0.6 is 0 Å². The lowest BCUT2D eigenvalue weighted by molar-refractivity contribution is -0.120. The number of amides is 1. The van der Waals surface area contributed by atoms with Gasteiger partial charge in [0.2, 0.25) is 5.91 Å². The van der Waals surface area contributed by atoms with Crippen LogP contribution in [0.15, 0.2) is 30.3 Å². The van der Waals surface area contributed by atoms with Crippen molar-refractivity contribution >= 4 is 11.6 Å². The van der Waals surface area contributed by atoms with E-state index >= 15 is 0 Å². The lowest BCUT2D eigenvalue weighted by atomic mass is 10.1. The Morgan fingerprint density at radius 1 is 1.29 bits per heavy atom. The molecule has 1 amide bonds. The summed E-state index contributed by atoms with van der Waals surface area (Å²) in [6.07, 6.45) is 2.29. The summed E-state index contributed by atoms with van der Waals surface area (Å²) in [6.45, 7) is 8.08. The fourth-order valence-corrected chi connectivity index (χ4v) is 3.12. The molecule has 5 heteroatoms. The molecule has 0 bridgehead atoms. The number of hydrogen-bond acceptors (Lipinski definition) is 4. The number of benzene rings is 1. The van der Waals surface area contributed by atoms with E-state index in [1.807, 2.05) is 42.2 Å². The molecule has 1 heterocycles. The van der Waals surface area contributed by atoms with E-state index in [-0.39, 0.29) is 18.5 Å². The molecule has 134 valence electrons. The number of hydrogen-bond donors (Lipinski definition) is 2. The minimum absolute atomic E-state index is 0.0390. The van der Waals surface area contributed by atoms with Gasteiger partial charge in [-0.05, 0) is 37.9 Å². The maximum atomic E-state index is 12.5. The number of nitrogens with one attached hydrogen (secondary N) is 1. The molecule has 1 saturated heterocycles. The minimum atomic E-state index is -0.425.